The maximum Gasteiger partial charge on any atom is 0.145 e. The maximum atomic E-state index is 5.38. The highest BCUT2D eigenvalue weighted by Crippen LogP contribution is 2.40. The molecule has 0 radical (unpaired) electrons. The van der Waals surface area contributed by atoms with Gasteiger partial charge in [0.2, 0.25) is 0 Å². The standard InChI is InChI=1S/C24H33BrOSi/c1-17(2)27(18(3)4,19(5)6)15-9-8-10-21-12-11-20-13-14-22(26-7)16-23(20)24(21)25/h11-14,16-19H,8,10H2,1-7H3. The lowest BCUT2D eigenvalue weighted by molar-refractivity contribution is 0.415. The summed E-state index contributed by atoms with van der Waals surface area (Å²) in [6.45, 7) is 14.2. The van der Waals surface area contributed by atoms with Crippen molar-refractivity contribution in [1.82, 2.24) is 0 Å². The molecular formula is C24H33BrOSi. The van der Waals surface area contributed by atoms with Gasteiger partial charge in [-0.25, -0.2) is 0 Å². The van der Waals surface area contributed by atoms with Gasteiger partial charge in [-0.3, -0.25) is 0 Å². The Kier molecular flexibility index (Phi) is 7.60. The topological polar surface area (TPSA) is 9.23 Å². The molecule has 0 unspecified atom stereocenters. The number of methoxy groups -OCH3 is 1. The summed E-state index contributed by atoms with van der Waals surface area (Å²) in [6, 6.07) is 10.6. The van der Waals surface area contributed by atoms with E-state index in [1.54, 1.807) is 7.11 Å². The van der Waals surface area contributed by atoms with Crippen molar-refractivity contribution in [3.63, 3.8) is 0 Å². The van der Waals surface area contributed by atoms with Crippen molar-refractivity contribution in [1.29, 1.82) is 0 Å². The van der Waals surface area contributed by atoms with Crippen LogP contribution in [0.3, 0.4) is 0 Å². The summed E-state index contributed by atoms with van der Waals surface area (Å²) < 4.78 is 6.55. The van der Waals surface area contributed by atoms with Crippen molar-refractivity contribution in [2.24, 2.45) is 0 Å². The van der Waals surface area contributed by atoms with Crippen molar-refractivity contribution >= 4 is 34.8 Å². The van der Waals surface area contributed by atoms with Crippen LogP contribution in [0.1, 0.15) is 53.5 Å². The first kappa shape index (κ1) is 22.1. The van der Waals surface area contributed by atoms with Crippen LogP contribution in [0.25, 0.3) is 10.8 Å². The Morgan fingerprint density at radius 1 is 0.963 bits per heavy atom. The van der Waals surface area contributed by atoms with E-state index in [0.717, 1.165) is 18.6 Å². The third kappa shape index (κ3) is 4.61. The second-order valence-electron chi connectivity index (χ2n) is 8.32. The molecule has 27 heavy (non-hydrogen) atoms. The molecule has 0 spiro atoms. The number of hydrogen-bond donors (Lipinski definition) is 0. The zero-order valence-corrected chi connectivity index (χ0v) is 20.4. The van der Waals surface area contributed by atoms with E-state index in [-0.39, 0.29) is 0 Å². The number of ether oxygens (including phenoxy) is 1. The van der Waals surface area contributed by atoms with E-state index in [1.165, 1.54) is 20.8 Å². The molecular weight excluding hydrogens is 412 g/mol. The van der Waals surface area contributed by atoms with Gasteiger partial charge in [0.05, 0.1) is 7.11 Å². The molecule has 2 aromatic rings. The quantitative estimate of drug-likeness (QED) is 0.326. The van der Waals surface area contributed by atoms with Crippen LogP contribution in [0.5, 0.6) is 5.75 Å². The van der Waals surface area contributed by atoms with Gasteiger partial charge in [0.1, 0.15) is 13.8 Å². The molecule has 0 aliphatic rings. The smallest absolute Gasteiger partial charge is 0.145 e. The summed E-state index contributed by atoms with van der Waals surface area (Å²) >= 11 is 3.81. The number of halogens is 1. The first-order valence-electron chi connectivity index (χ1n) is 9.99. The lowest BCUT2D eigenvalue weighted by atomic mass is 10.0. The van der Waals surface area contributed by atoms with Gasteiger partial charge in [-0.05, 0) is 67.4 Å². The third-order valence-electron chi connectivity index (χ3n) is 5.93. The van der Waals surface area contributed by atoms with Crippen molar-refractivity contribution in [3.8, 4) is 17.2 Å². The molecule has 1 nitrogen and oxygen atoms in total. The van der Waals surface area contributed by atoms with Gasteiger partial charge in [-0.1, -0.05) is 59.7 Å². The van der Waals surface area contributed by atoms with Crippen LogP contribution in [-0.2, 0) is 6.42 Å². The zero-order valence-electron chi connectivity index (χ0n) is 17.8. The molecule has 0 atom stereocenters. The third-order valence-corrected chi connectivity index (χ3v) is 13.2. The van der Waals surface area contributed by atoms with Gasteiger partial charge in [0, 0.05) is 10.9 Å². The molecule has 0 amide bonds. The Morgan fingerprint density at radius 3 is 2.11 bits per heavy atom. The molecule has 0 saturated heterocycles. The molecule has 2 rings (SSSR count). The number of fused-ring (bicyclic) bond motifs is 1. The molecule has 0 fully saturated rings. The lowest BCUT2D eigenvalue weighted by Crippen LogP contribution is -2.43. The Bertz CT molecular complexity index is 821. The fraction of sp³-hybridized carbons (Fsp3) is 0.500. The average molecular weight is 446 g/mol. The summed E-state index contributed by atoms with van der Waals surface area (Å²) in [5.41, 5.74) is 7.20. The molecule has 146 valence electrons. The fourth-order valence-electron chi connectivity index (χ4n) is 4.47. The molecule has 2 aromatic carbocycles. The SMILES string of the molecule is COc1ccc2ccc(CCC#C[Si](C(C)C)(C(C)C)C(C)C)c(Br)c2c1. The first-order chi connectivity index (χ1) is 12.7. The maximum absolute atomic E-state index is 5.38. The van der Waals surface area contributed by atoms with Gasteiger partial charge < -0.3 is 4.74 Å². The van der Waals surface area contributed by atoms with Crippen molar-refractivity contribution in [2.45, 2.75) is 71.0 Å². The predicted molar refractivity (Wildman–Crippen MR) is 125 cm³/mol. The van der Waals surface area contributed by atoms with Crippen molar-refractivity contribution in [2.75, 3.05) is 7.11 Å². The first-order valence-corrected chi connectivity index (χ1v) is 13.0. The minimum absolute atomic E-state index is 0.685. The van der Waals surface area contributed by atoms with Gasteiger partial charge in [0.15, 0.2) is 0 Å². The Balaban J connectivity index is 2.25. The predicted octanol–water partition coefficient (Wildman–Crippen LogP) is 7.76. The summed E-state index contributed by atoms with van der Waals surface area (Å²) in [6.07, 6.45) is 1.88. The molecule has 0 bridgehead atoms. The van der Waals surface area contributed by atoms with Gasteiger partial charge in [0.25, 0.3) is 0 Å². The minimum atomic E-state index is -1.62. The van der Waals surface area contributed by atoms with Crippen LogP contribution in [0.4, 0.5) is 0 Å². The van der Waals surface area contributed by atoms with Crippen LogP contribution in [-0.4, -0.2) is 15.2 Å². The largest absolute Gasteiger partial charge is 0.497 e. The average Bonchev–Trinajstić information content (AvgIpc) is 2.62. The summed E-state index contributed by atoms with van der Waals surface area (Å²) in [5, 5.41) is 2.43. The highest BCUT2D eigenvalue weighted by Gasteiger charge is 2.41. The van der Waals surface area contributed by atoms with Crippen LogP contribution >= 0.6 is 15.9 Å². The van der Waals surface area contributed by atoms with Crippen LogP contribution < -0.4 is 4.74 Å². The van der Waals surface area contributed by atoms with Crippen LogP contribution in [0.15, 0.2) is 34.8 Å². The molecule has 0 aliphatic carbocycles. The molecule has 0 saturated carbocycles. The van der Waals surface area contributed by atoms with Gasteiger partial charge in [-0.2, -0.15) is 0 Å². The van der Waals surface area contributed by atoms with E-state index in [2.05, 4.69) is 93.2 Å². The highest BCUT2D eigenvalue weighted by molar-refractivity contribution is 9.10. The number of hydrogen-bond acceptors (Lipinski definition) is 1. The molecule has 0 N–H and O–H groups in total. The van der Waals surface area contributed by atoms with E-state index < -0.39 is 8.07 Å². The van der Waals surface area contributed by atoms with E-state index in [1.807, 2.05) is 6.07 Å². The van der Waals surface area contributed by atoms with Gasteiger partial charge >= 0.3 is 0 Å². The molecule has 0 heterocycles. The van der Waals surface area contributed by atoms with E-state index in [0.29, 0.717) is 16.6 Å². The molecule has 0 aromatic heterocycles. The highest BCUT2D eigenvalue weighted by atomic mass is 79.9. The number of aryl methyl sites for hydroxylation is 1. The minimum Gasteiger partial charge on any atom is -0.497 e. The normalized spacial score (nSPS) is 12.0. The lowest BCUT2D eigenvalue weighted by Gasteiger charge is -2.38. The molecule has 0 aliphatic heterocycles. The van der Waals surface area contributed by atoms with Gasteiger partial charge in [-0.15, -0.1) is 11.5 Å². The van der Waals surface area contributed by atoms with E-state index >= 15 is 0 Å². The number of rotatable bonds is 6. The van der Waals surface area contributed by atoms with Crippen molar-refractivity contribution < 1.29 is 4.74 Å². The second kappa shape index (κ2) is 9.30. The van der Waals surface area contributed by atoms with E-state index in [9.17, 15) is 0 Å². The Morgan fingerprint density at radius 2 is 1.56 bits per heavy atom. The zero-order chi connectivity index (χ0) is 20.2. The molecule has 3 heteroatoms. The second-order valence-corrected chi connectivity index (χ2v) is 14.7. The van der Waals surface area contributed by atoms with Crippen LogP contribution in [0.2, 0.25) is 16.6 Å². The summed E-state index contributed by atoms with van der Waals surface area (Å²) in [4.78, 5) is 0. The van der Waals surface area contributed by atoms with Crippen molar-refractivity contribution in [3.05, 3.63) is 40.4 Å². The number of benzene rings is 2. The monoisotopic (exact) mass is 444 g/mol. The Hall–Kier alpha value is -1.24. The summed E-state index contributed by atoms with van der Waals surface area (Å²) in [7, 11) is 0.0863. The Labute approximate surface area is 175 Å². The summed E-state index contributed by atoms with van der Waals surface area (Å²) in [5.74, 6) is 4.47. The van der Waals surface area contributed by atoms with Crippen LogP contribution in [0, 0.1) is 11.5 Å². The van der Waals surface area contributed by atoms with E-state index in [4.69, 9.17) is 4.74 Å². The fourth-order valence-corrected chi connectivity index (χ4v) is 10.4.